The normalized spacial score (nSPS) is 17.8. The predicted octanol–water partition coefficient (Wildman–Crippen LogP) is 6.02. The number of nitrogens with one attached hydrogen (secondary N) is 1. The molecule has 0 radical (unpaired) electrons. The smallest absolute Gasteiger partial charge is 0.291 e. The fraction of sp³-hybridized carbons (Fsp3) is 0.367. The molecule has 1 saturated carbocycles. The molecule has 1 atom stereocenters. The number of rotatable bonds is 9. The van der Waals surface area contributed by atoms with Crippen molar-refractivity contribution in [2.45, 2.75) is 58.1 Å². The topological polar surface area (TPSA) is 93.4 Å². The van der Waals surface area contributed by atoms with E-state index in [1.807, 2.05) is 30.3 Å². The first-order valence-corrected chi connectivity index (χ1v) is 13.2. The van der Waals surface area contributed by atoms with Gasteiger partial charge in [-0.1, -0.05) is 19.1 Å². The molecule has 1 unspecified atom stereocenters. The number of hydrogen-bond donors (Lipinski definition) is 1. The first-order valence-electron chi connectivity index (χ1n) is 13.2. The SMILES string of the molecule is CCC1CC(=O)N(Cc2ccc(NC(=O)c3ccco3)cc2)N=C1c1ccc(OC)c(OC2CCCC2)c1. The number of hydrogen-bond acceptors (Lipinski definition) is 6. The Labute approximate surface area is 222 Å². The molecule has 198 valence electrons. The molecule has 3 aromatic rings. The molecule has 8 heteroatoms. The number of anilines is 1. The zero-order valence-corrected chi connectivity index (χ0v) is 21.8. The molecule has 1 aromatic heterocycles. The molecular weight excluding hydrogens is 482 g/mol. The summed E-state index contributed by atoms with van der Waals surface area (Å²) in [4.78, 5) is 25.2. The van der Waals surface area contributed by atoms with Crippen molar-refractivity contribution in [1.29, 1.82) is 0 Å². The third kappa shape index (κ3) is 5.74. The highest BCUT2D eigenvalue weighted by molar-refractivity contribution is 6.06. The van der Waals surface area contributed by atoms with Crippen LogP contribution in [0.2, 0.25) is 0 Å². The molecule has 0 bridgehead atoms. The Morgan fingerprint density at radius 1 is 1.11 bits per heavy atom. The van der Waals surface area contributed by atoms with E-state index in [0.717, 1.165) is 41.9 Å². The molecule has 0 saturated heterocycles. The second kappa shape index (κ2) is 11.5. The molecule has 0 spiro atoms. The van der Waals surface area contributed by atoms with E-state index in [9.17, 15) is 9.59 Å². The van der Waals surface area contributed by atoms with Gasteiger partial charge >= 0.3 is 0 Å². The summed E-state index contributed by atoms with van der Waals surface area (Å²) >= 11 is 0. The van der Waals surface area contributed by atoms with Crippen molar-refractivity contribution in [3.05, 3.63) is 77.7 Å². The van der Waals surface area contributed by atoms with E-state index in [1.165, 1.54) is 19.1 Å². The number of hydrazone groups is 1. The van der Waals surface area contributed by atoms with Gasteiger partial charge in [-0.25, -0.2) is 5.01 Å². The Bertz CT molecular complexity index is 1290. The van der Waals surface area contributed by atoms with Crippen LogP contribution in [0.25, 0.3) is 0 Å². The zero-order valence-electron chi connectivity index (χ0n) is 21.8. The van der Waals surface area contributed by atoms with E-state index in [1.54, 1.807) is 36.4 Å². The number of amides is 2. The number of furan rings is 1. The van der Waals surface area contributed by atoms with Gasteiger partial charge in [-0.3, -0.25) is 9.59 Å². The van der Waals surface area contributed by atoms with E-state index >= 15 is 0 Å². The van der Waals surface area contributed by atoms with Gasteiger partial charge in [-0.2, -0.15) is 5.10 Å². The molecular formula is C30H33N3O5. The fourth-order valence-electron chi connectivity index (χ4n) is 5.02. The molecule has 2 aromatic carbocycles. The maximum Gasteiger partial charge on any atom is 0.291 e. The number of nitrogens with zero attached hydrogens (tertiary/aromatic N) is 2. The summed E-state index contributed by atoms with van der Waals surface area (Å²) in [5.41, 5.74) is 3.38. The summed E-state index contributed by atoms with van der Waals surface area (Å²) in [6, 6.07) is 16.6. The number of carbonyl (C=O) groups excluding carboxylic acids is 2. The second-order valence-corrected chi connectivity index (χ2v) is 9.76. The van der Waals surface area contributed by atoms with Gasteiger partial charge in [0.2, 0.25) is 5.91 Å². The lowest BCUT2D eigenvalue weighted by atomic mass is 9.89. The highest BCUT2D eigenvalue weighted by Gasteiger charge is 2.30. The van der Waals surface area contributed by atoms with E-state index in [4.69, 9.17) is 19.0 Å². The third-order valence-electron chi connectivity index (χ3n) is 7.16. The summed E-state index contributed by atoms with van der Waals surface area (Å²) in [6.45, 7) is 2.42. The number of carbonyl (C=O) groups is 2. The van der Waals surface area contributed by atoms with Crippen LogP contribution in [0.4, 0.5) is 5.69 Å². The Kier molecular flexibility index (Phi) is 7.77. The lowest BCUT2D eigenvalue weighted by Gasteiger charge is -2.29. The Morgan fingerprint density at radius 2 is 1.89 bits per heavy atom. The third-order valence-corrected chi connectivity index (χ3v) is 7.16. The van der Waals surface area contributed by atoms with Gasteiger partial charge in [0.1, 0.15) is 0 Å². The van der Waals surface area contributed by atoms with Crippen LogP contribution in [0, 0.1) is 5.92 Å². The molecule has 1 fully saturated rings. The second-order valence-electron chi connectivity index (χ2n) is 9.76. The first kappa shape index (κ1) is 25.6. The van der Waals surface area contributed by atoms with Gasteiger partial charge in [-0.15, -0.1) is 0 Å². The van der Waals surface area contributed by atoms with Crippen molar-refractivity contribution in [2.24, 2.45) is 11.0 Å². The average Bonchev–Trinajstić information content (AvgIpc) is 3.66. The number of benzene rings is 2. The van der Waals surface area contributed by atoms with Gasteiger partial charge in [0.15, 0.2) is 17.3 Å². The molecule has 2 amide bonds. The van der Waals surface area contributed by atoms with E-state index < -0.39 is 0 Å². The van der Waals surface area contributed by atoms with Crippen molar-refractivity contribution in [2.75, 3.05) is 12.4 Å². The van der Waals surface area contributed by atoms with Crippen molar-refractivity contribution in [3.63, 3.8) is 0 Å². The van der Waals surface area contributed by atoms with Gasteiger partial charge in [0.25, 0.3) is 5.91 Å². The first-order chi connectivity index (χ1) is 18.5. The van der Waals surface area contributed by atoms with Gasteiger partial charge in [0, 0.05) is 23.6 Å². The Morgan fingerprint density at radius 3 is 2.58 bits per heavy atom. The lowest BCUT2D eigenvalue weighted by molar-refractivity contribution is -0.133. The minimum Gasteiger partial charge on any atom is -0.493 e. The van der Waals surface area contributed by atoms with Crippen LogP contribution in [-0.2, 0) is 11.3 Å². The van der Waals surface area contributed by atoms with Gasteiger partial charge in [0.05, 0.1) is 31.7 Å². The van der Waals surface area contributed by atoms with Crippen LogP contribution in [-0.4, -0.2) is 35.7 Å². The van der Waals surface area contributed by atoms with Gasteiger partial charge < -0.3 is 19.2 Å². The summed E-state index contributed by atoms with van der Waals surface area (Å²) in [6.07, 6.45) is 7.36. The maximum absolute atomic E-state index is 13.0. The molecule has 5 rings (SSSR count). The highest BCUT2D eigenvalue weighted by Crippen LogP contribution is 2.34. The van der Waals surface area contributed by atoms with Crippen molar-refractivity contribution < 1.29 is 23.5 Å². The molecule has 1 aliphatic heterocycles. The molecule has 2 aliphatic rings. The summed E-state index contributed by atoms with van der Waals surface area (Å²) < 4.78 is 17.0. The van der Waals surface area contributed by atoms with Crippen LogP contribution in [0.15, 0.2) is 70.4 Å². The standard InChI is InChI=1S/C30H33N3O5/c1-3-21-18-28(34)33(19-20-10-13-23(14-11-20)31-30(35)26-9-6-16-37-26)32-29(21)22-12-15-25(36-2)27(17-22)38-24-7-4-5-8-24/h6,9-17,21,24H,3-5,7-8,18-19H2,1-2H3,(H,31,35). The average molecular weight is 516 g/mol. The predicted molar refractivity (Wildman–Crippen MR) is 144 cm³/mol. The Hall–Kier alpha value is -4.07. The molecule has 2 heterocycles. The van der Waals surface area contributed by atoms with Crippen LogP contribution >= 0.6 is 0 Å². The van der Waals surface area contributed by atoms with Crippen molar-refractivity contribution in [1.82, 2.24) is 5.01 Å². The zero-order chi connectivity index (χ0) is 26.5. The van der Waals surface area contributed by atoms with Crippen molar-refractivity contribution >= 4 is 23.2 Å². The monoisotopic (exact) mass is 515 g/mol. The quantitative estimate of drug-likeness (QED) is 0.376. The van der Waals surface area contributed by atoms with E-state index in [-0.39, 0.29) is 29.6 Å². The number of ether oxygens (including phenoxy) is 2. The molecule has 1 N–H and O–H groups in total. The summed E-state index contributed by atoms with van der Waals surface area (Å²) in [7, 11) is 1.65. The molecule has 38 heavy (non-hydrogen) atoms. The summed E-state index contributed by atoms with van der Waals surface area (Å²) in [5.74, 6) is 1.39. The minimum absolute atomic E-state index is 0.00765. The fourth-order valence-corrected chi connectivity index (χ4v) is 5.02. The van der Waals surface area contributed by atoms with Crippen LogP contribution < -0.4 is 14.8 Å². The van der Waals surface area contributed by atoms with Gasteiger partial charge in [-0.05, 0) is 80.1 Å². The summed E-state index contributed by atoms with van der Waals surface area (Å²) in [5, 5.41) is 9.18. The Balaban J connectivity index is 1.34. The minimum atomic E-state index is -0.315. The van der Waals surface area contributed by atoms with E-state index in [2.05, 4.69) is 12.2 Å². The highest BCUT2D eigenvalue weighted by atomic mass is 16.5. The van der Waals surface area contributed by atoms with Crippen LogP contribution in [0.1, 0.15) is 67.1 Å². The molecule has 1 aliphatic carbocycles. The van der Waals surface area contributed by atoms with Crippen LogP contribution in [0.5, 0.6) is 11.5 Å². The number of methoxy groups -OCH3 is 1. The molecule has 8 nitrogen and oxygen atoms in total. The maximum atomic E-state index is 13.0. The van der Waals surface area contributed by atoms with E-state index in [0.29, 0.717) is 24.4 Å². The largest absolute Gasteiger partial charge is 0.493 e. The lowest BCUT2D eigenvalue weighted by Crippen LogP contribution is -2.36. The van der Waals surface area contributed by atoms with Crippen molar-refractivity contribution in [3.8, 4) is 11.5 Å². The van der Waals surface area contributed by atoms with Crippen LogP contribution in [0.3, 0.4) is 0 Å².